The Labute approximate surface area is 162 Å². The van der Waals surface area contributed by atoms with Gasteiger partial charge >= 0.3 is 5.97 Å². The molecule has 7 nitrogen and oxygen atoms in total. The number of carbonyl (C=O) groups excluding carboxylic acids is 1. The van der Waals surface area contributed by atoms with Gasteiger partial charge in [0.05, 0.1) is 17.7 Å². The molecule has 0 atom stereocenters. The summed E-state index contributed by atoms with van der Waals surface area (Å²) in [4.78, 5) is 26.3. The van der Waals surface area contributed by atoms with Gasteiger partial charge in [0.1, 0.15) is 0 Å². The molecule has 3 aromatic rings. The van der Waals surface area contributed by atoms with Crippen LogP contribution in [0, 0.1) is 0 Å². The molecule has 0 saturated heterocycles. The third-order valence-corrected chi connectivity index (χ3v) is 4.19. The van der Waals surface area contributed by atoms with E-state index in [2.05, 4.69) is 20.3 Å². The number of pyridine rings is 1. The minimum atomic E-state index is -0.418. The lowest BCUT2D eigenvalue weighted by molar-refractivity contribution is 0.0525. The van der Waals surface area contributed by atoms with E-state index >= 15 is 0 Å². The predicted octanol–water partition coefficient (Wildman–Crippen LogP) is 3.40. The van der Waals surface area contributed by atoms with Gasteiger partial charge in [0.15, 0.2) is 0 Å². The molecule has 0 saturated carbocycles. The van der Waals surface area contributed by atoms with E-state index in [-0.39, 0.29) is 0 Å². The largest absolute Gasteiger partial charge is 0.462 e. The minimum absolute atomic E-state index is 0.321. The third kappa shape index (κ3) is 4.62. The number of esters is 1. The number of nitrogens with one attached hydrogen (secondary N) is 1. The van der Waals surface area contributed by atoms with Gasteiger partial charge in [-0.15, -0.1) is 0 Å². The first kappa shape index (κ1) is 18.8. The molecule has 0 fully saturated rings. The summed E-state index contributed by atoms with van der Waals surface area (Å²) < 4.78 is 4.93. The van der Waals surface area contributed by atoms with Crippen LogP contribution in [0.1, 0.15) is 17.3 Å². The highest BCUT2D eigenvalue weighted by atomic mass is 35.5. The van der Waals surface area contributed by atoms with Crippen LogP contribution < -0.4 is 10.2 Å². The van der Waals surface area contributed by atoms with Gasteiger partial charge in [0.25, 0.3) is 0 Å². The first-order chi connectivity index (χ1) is 13.1. The summed E-state index contributed by atoms with van der Waals surface area (Å²) in [5, 5.41) is 5.08. The van der Waals surface area contributed by atoms with Gasteiger partial charge in [-0.05, 0) is 31.2 Å². The number of hydrogen-bond acceptors (Lipinski definition) is 7. The summed E-state index contributed by atoms with van der Waals surface area (Å²) in [6.07, 6.45) is 4.71. The Kier molecular flexibility index (Phi) is 6.03. The number of likely N-dealkylation sites (N-methyl/N-ethyl adjacent to an activating group) is 1. The van der Waals surface area contributed by atoms with Gasteiger partial charge in [-0.2, -0.15) is 0 Å². The Bertz CT molecular complexity index is 933. The summed E-state index contributed by atoms with van der Waals surface area (Å²) in [7, 11) is 1.89. The molecule has 0 aliphatic carbocycles. The summed E-state index contributed by atoms with van der Waals surface area (Å²) in [5.41, 5.74) is 2.18. The zero-order chi connectivity index (χ0) is 19.2. The van der Waals surface area contributed by atoms with E-state index in [0.29, 0.717) is 36.2 Å². The average Bonchev–Trinajstić information content (AvgIpc) is 2.68. The van der Waals surface area contributed by atoms with Crippen LogP contribution in [-0.2, 0) is 4.74 Å². The fraction of sp³-hybridized carbons (Fsp3) is 0.263. The first-order valence-electron chi connectivity index (χ1n) is 8.57. The second-order valence-corrected chi connectivity index (χ2v) is 6.30. The number of fused-ring (bicyclic) bond motifs is 1. The highest BCUT2D eigenvalue weighted by Gasteiger charge is 2.10. The van der Waals surface area contributed by atoms with Crippen molar-refractivity contribution in [3.8, 4) is 0 Å². The lowest BCUT2D eigenvalue weighted by Crippen LogP contribution is -2.26. The minimum Gasteiger partial charge on any atom is -0.462 e. The molecular weight excluding hydrogens is 366 g/mol. The quantitative estimate of drug-likeness (QED) is 0.624. The summed E-state index contributed by atoms with van der Waals surface area (Å²) >= 11 is 6.02. The van der Waals surface area contributed by atoms with Crippen molar-refractivity contribution >= 4 is 40.1 Å². The molecule has 2 heterocycles. The van der Waals surface area contributed by atoms with Gasteiger partial charge in [0.2, 0.25) is 5.95 Å². The molecule has 0 amide bonds. The van der Waals surface area contributed by atoms with Crippen LogP contribution in [0.15, 0.2) is 42.9 Å². The Hall–Kier alpha value is -2.93. The van der Waals surface area contributed by atoms with Crippen molar-refractivity contribution < 1.29 is 9.53 Å². The van der Waals surface area contributed by atoms with E-state index in [0.717, 1.165) is 16.6 Å². The van der Waals surface area contributed by atoms with Crippen molar-refractivity contribution in [2.75, 3.05) is 37.0 Å². The fourth-order valence-electron chi connectivity index (χ4n) is 2.57. The number of carbonyl (C=O) groups is 1. The number of benzene rings is 1. The highest BCUT2D eigenvalue weighted by molar-refractivity contribution is 6.31. The smallest absolute Gasteiger partial charge is 0.341 e. The second-order valence-electron chi connectivity index (χ2n) is 5.86. The van der Waals surface area contributed by atoms with Gasteiger partial charge in [0, 0.05) is 54.8 Å². The van der Waals surface area contributed by atoms with E-state index in [1.54, 1.807) is 13.1 Å². The lowest BCUT2D eigenvalue weighted by Gasteiger charge is -2.18. The SMILES string of the molecule is CCOC(=O)c1cnc(N(C)CCNc2ccnc3cc(Cl)ccc23)nc1. The lowest BCUT2D eigenvalue weighted by atomic mass is 10.2. The van der Waals surface area contributed by atoms with E-state index < -0.39 is 5.97 Å². The van der Waals surface area contributed by atoms with Crippen molar-refractivity contribution in [2.24, 2.45) is 0 Å². The van der Waals surface area contributed by atoms with Crippen molar-refractivity contribution in [1.82, 2.24) is 15.0 Å². The third-order valence-electron chi connectivity index (χ3n) is 3.96. The zero-order valence-corrected chi connectivity index (χ0v) is 15.9. The van der Waals surface area contributed by atoms with Gasteiger partial charge < -0.3 is 15.0 Å². The van der Waals surface area contributed by atoms with Gasteiger partial charge in [-0.3, -0.25) is 4.98 Å². The molecule has 3 rings (SSSR count). The number of halogens is 1. The van der Waals surface area contributed by atoms with Gasteiger partial charge in [-0.25, -0.2) is 14.8 Å². The maximum Gasteiger partial charge on any atom is 0.341 e. The maximum atomic E-state index is 11.6. The normalized spacial score (nSPS) is 10.6. The van der Waals surface area contributed by atoms with Crippen LogP contribution in [0.2, 0.25) is 5.02 Å². The number of hydrogen-bond donors (Lipinski definition) is 1. The molecule has 0 aliphatic heterocycles. The number of nitrogens with zero attached hydrogens (tertiary/aromatic N) is 4. The fourth-order valence-corrected chi connectivity index (χ4v) is 2.74. The van der Waals surface area contributed by atoms with E-state index in [4.69, 9.17) is 16.3 Å². The number of rotatable bonds is 7. The molecule has 1 N–H and O–H groups in total. The van der Waals surface area contributed by atoms with Crippen molar-refractivity contribution in [3.63, 3.8) is 0 Å². The van der Waals surface area contributed by atoms with Crippen LogP contribution in [0.5, 0.6) is 0 Å². The van der Waals surface area contributed by atoms with E-state index in [1.807, 2.05) is 36.2 Å². The van der Waals surface area contributed by atoms with Crippen LogP contribution in [-0.4, -0.2) is 47.7 Å². The number of aromatic nitrogens is 3. The molecule has 2 aromatic heterocycles. The molecule has 27 heavy (non-hydrogen) atoms. The molecule has 8 heteroatoms. The van der Waals surface area contributed by atoms with Crippen LogP contribution in [0.3, 0.4) is 0 Å². The highest BCUT2D eigenvalue weighted by Crippen LogP contribution is 2.24. The summed E-state index contributed by atoms with van der Waals surface area (Å²) in [6, 6.07) is 7.57. The standard InChI is InChI=1S/C19H20ClN5O2/c1-3-27-18(26)13-11-23-19(24-12-13)25(2)9-8-22-16-6-7-21-17-10-14(20)4-5-15(16)17/h4-7,10-12H,3,8-9H2,1-2H3,(H,21,22). The van der Waals surface area contributed by atoms with Crippen molar-refractivity contribution in [3.05, 3.63) is 53.4 Å². The second kappa shape index (κ2) is 8.64. The molecule has 0 aliphatic rings. The van der Waals surface area contributed by atoms with Crippen molar-refractivity contribution in [1.29, 1.82) is 0 Å². The Morgan fingerprint density at radius 3 is 2.74 bits per heavy atom. The molecule has 0 bridgehead atoms. The van der Waals surface area contributed by atoms with Crippen LogP contribution >= 0.6 is 11.6 Å². The van der Waals surface area contributed by atoms with E-state index in [1.165, 1.54) is 12.4 Å². The van der Waals surface area contributed by atoms with Crippen molar-refractivity contribution in [2.45, 2.75) is 6.92 Å². The van der Waals surface area contributed by atoms with Crippen LogP contribution in [0.25, 0.3) is 10.9 Å². The molecule has 140 valence electrons. The predicted molar refractivity (Wildman–Crippen MR) is 107 cm³/mol. The van der Waals surface area contributed by atoms with Gasteiger partial charge in [-0.1, -0.05) is 11.6 Å². The first-order valence-corrected chi connectivity index (χ1v) is 8.94. The Balaban J connectivity index is 1.60. The van der Waals surface area contributed by atoms with E-state index in [9.17, 15) is 4.79 Å². The average molecular weight is 386 g/mol. The van der Waals surface area contributed by atoms with Crippen LogP contribution in [0.4, 0.5) is 11.6 Å². The molecule has 0 radical (unpaired) electrons. The molecule has 0 spiro atoms. The Morgan fingerprint density at radius 2 is 2.00 bits per heavy atom. The molecule has 1 aromatic carbocycles. The summed E-state index contributed by atoms with van der Waals surface area (Å²) in [6.45, 7) is 3.44. The topological polar surface area (TPSA) is 80.2 Å². The number of anilines is 2. The Morgan fingerprint density at radius 1 is 1.22 bits per heavy atom. The number of ether oxygens (including phenoxy) is 1. The zero-order valence-electron chi connectivity index (χ0n) is 15.1. The monoisotopic (exact) mass is 385 g/mol. The summed E-state index contributed by atoms with van der Waals surface area (Å²) in [5.74, 6) is 0.120. The molecular formula is C19H20ClN5O2. The maximum absolute atomic E-state index is 11.6. The molecule has 0 unspecified atom stereocenters.